The summed E-state index contributed by atoms with van der Waals surface area (Å²) in [5.74, 6) is -0.261. The van der Waals surface area contributed by atoms with Crippen LogP contribution in [0, 0.1) is 6.92 Å². The molecule has 4 aromatic carbocycles. The standard InChI is InChI=1S/C35H30N4O4S2/c1-23-11-15-25(16-12-23)31-21-45-35(38-31)39-32(40)22-44-29-10-6-9-27(20-29)36-34(42)30(19-24-13-17-28(43-2)18-14-24)37-33(41)26-7-4-3-5-8-26/h3-21H,22H2,1-2H3,(H,36,42)(H,37,41)(H,38,39,40)/b30-19+. The number of benzene rings is 4. The van der Waals surface area contributed by atoms with E-state index in [1.54, 1.807) is 79.9 Å². The number of aryl methyl sites for hydroxylation is 1. The summed E-state index contributed by atoms with van der Waals surface area (Å²) >= 11 is 2.71. The second-order valence-electron chi connectivity index (χ2n) is 9.87. The number of ether oxygens (including phenoxy) is 1. The summed E-state index contributed by atoms with van der Waals surface area (Å²) in [6.45, 7) is 2.03. The van der Waals surface area contributed by atoms with E-state index in [1.165, 1.54) is 28.7 Å². The number of methoxy groups -OCH3 is 1. The minimum absolute atomic E-state index is 0.0694. The van der Waals surface area contributed by atoms with E-state index in [4.69, 9.17) is 4.74 Å². The minimum atomic E-state index is -0.497. The third-order valence-corrected chi connectivity index (χ3v) is 8.27. The maximum absolute atomic E-state index is 13.4. The molecule has 0 spiro atoms. The Balaban J connectivity index is 1.22. The number of thioether (sulfide) groups is 1. The van der Waals surface area contributed by atoms with E-state index in [2.05, 4.69) is 20.9 Å². The highest BCUT2D eigenvalue weighted by Crippen LogP contribution is 2.26. The van der Waals surface area contributed by atoms with Gasteiger partial charge in [-0.15, -0.1) is 23.1 Å². The second kappa shape index (κ2) is 15.0. The van der Waals surface area contributed by atoms with Gasteiger partial charge in [-0.25, -0.2) is 4.98 Å². The molecule has 1 aromatic heterocycles. The molecule has 0 bridgehead atoms. The topological polar surface area (TPSA) is 109 Å². The Labute approximate surface area is 269 Å². The fraction of sp³-hybridized carbons (Fsp3) is 0.0857. The van der Waals surface area contributed by atoms with Crippen molar-refractivity contribution < 1.29 is 19.1 Å². The van der Waals surface area contributed by atoms with E-state index < -0.39 is 11.8 Å². The van der Waals surface area contributed by atoms with Crippen LogP contribution in [0.5, 0.6) is 5.75 Å². The molecule has 0 aliphatic rings. The smallest absolute Gasteiger partial charge is 0.272 e. The van der Waals surface area contributed by atoms with Gasteiger partial charge in [0.25, 0.3) is 11.8 Å². The van der Waals surface area contributed by atoms with Gasteiger partial charge in [-0.3, -0.25) is 14.4 Å². The molecule has 226 valence electrons. The monoisotopic (exact) mass is 634 g/mol. The molecular weight excluding hydrogens is 605 g/mol. The molecule has 0 fully saturated rings. The lowest BCUT2D eigenvalue weighted by Crippen LogP contribution is -2.30. The Bertz CT molecular complexity index is 1820. The fourth-order valence-electron chi connectivity index (χ4n) is 4.16. The molecule has 0 saturated carbocycles. The van der Waals surface area contributed by atoms with Gasteiger partial charge in [-0.05, 0) is 61.0 Å². The van der Waals surface area contributed by atoms with Crippen molar-refractivity contribution in [2.24, 2.45) is 0 Å². The van der Waals surface area contributed by atoms with Gasteiger partial charge < -0.3 is 20.7 Å². The van der Waals surface area contributed by atoms with Crippen LogP contribution in [0.25, 0.3) is 17.3 Å². The number of hydrogen-bond donors (Lipinski definition) is 3. The lowest BCUT2D eigenvalue weighted by atomic mass is 10.1. The Hall–Kier alpha value is -5.19. The fourth-order valence-corrected chi connectivity index (χ4v) is 5.65. The molecule has 0 saturated heterocycles. The number of rotatable bonds is 11. The minimum Gasteiger partial charge on any atom is -0.497 e. The Morgan fingerprint density at radius 3 is 2.38 bits per heavy atom. The number of thiazole rings is 1. The summed E-state index contributed by atoms with van der Waals surface area (Å²) in [6, 6.07) is 31.0. The summed E-state index contributed by atoms with van der Waals surface area (Å²) < 4.78 is 5.22. The molecule has 0 radical (unpaired) electrons. The molecule has 1 heterocycles. The van der Waals surface area contributed by atoms with Gasteiger partial charge in [0.1, 0.15) is 11.4 Å². The number of aromatic nitrogens is 1. The number of amides is 3. The van der Waals surface area contributed by atoms with Gasteiger partial charge in [0, 0.05) is 27.1 Å². The van der Waals surface area contributed by atoms with Crippen molar-refractivity contribution >= 4 is 57.7 Å². The number of nitrogens with zero attached hydrogens (tertiary/aromatic N) is 1. The molecule has 5 aromatic rings. The molecule has 3 amide bonds. The summed E-state index contributed by atoms with van der Waals surface area (Å²) in [4.78, 5) is 44.3. The number of carbonyl (C=O) groups excluding carboxylic acids is 3. The lowest BCUT2D eigenvalue weighted by molar-refractivity contribution is -0.114. The van der Waals surface area contributed by atoms with Crippen molar-refractivity contribution in [2.45, 2.75) is 11.8 Å². The maximum Gasteiger partial charge on any atom is 0.272 e. The van der Waals surface area contributed by atoms with Gasteiger partial charge in [0.05, 0.1) is 18.6 Å². The number of anilines is 2. The van der Waals surface area contributed by atoms with Crippen molar-refractivity contribution in [3.05, 3.63) is 131 Å². The highest BCUT2D eigenvalue weighted by atomic mass is 32.2. The number of nitrogens with one attached hydrogen (secondary N) is 3. The second-order valence-corrected chi connectivity index (χ2v) is 11.8. The van der Waals surface area contributed by atoms with Crippen molar-refractivity contribution in [3.63, 3.8) is 0 Å². The first-order valence-corrected chi connectivity index (χ1v) is 15.8. The summed E-state index contributed by atoms with van der Waals surface area (Å²) in [5.41, 5.74) is 4.69. The van der Waals surface area contributed by atoms with E-state index >= 15 is 0 Å². The van der Waals surface area contributed by atoms with Crippen LogP contribution in [0.4, 0.5) is 10.8 Å². The van der Waals surface area contributed by atoms with Gasteiger partial charge in [0.15, 0.2) is 5.13 Å². The third-order valence-electron chi connectivity index (χ3n) is 6.52. The predicted molar refractivity (Wildman–Crippen MR) is 182 cm³/mol. The van der Waals surface area contributed by atoms with Crippen LogP contribution in [-0.2, 0) is 9.59 Å². The van der Waals surface area contributed by atoms with Crippen molar-refractivity contribution in [3.8, 4) is 17.0 Å². The highest BCUT2D eigenvalue weighted by molar-refractivity contribution is 8.00. The van der Waals surface area contributed by atoms with E-state index in [1.807, 2.05) is 48.7 Å². The first-order chi connectivity index (χ1) is 21.9. The van der Waals surface area contributed by atoms with Crippen molar-refractivity contribution in [1.29, 1.82) is 0 Å². The highest BCUT2D eigenvalue weighted by Gasteiger charge is 2.16. The summed E-state index contributed by atoms with van der Waals surface area (Å²) in [7, 11) is 1.58. The molecular formula is C35H30N4O4S2. The predicted octanol–water partition coefficient (Wildman–Crippen LogP) is 7.27. The zero-order valence-corrected chi connectivity index (χ0v) is 26.2. The van der Waals surface area contributed by atoms with Crippen LogP contribution in [0.1, 0.15) is 21.5 Å². The molecule has 45 heavy (non-hydrogen) atoms. The van der Waals surface area contributed by atoms with Crippen LogP contribution in [0.15, 0.2) is 119 Å². The van der Waals surface area contributed by atoms with E-state index in [-0.39, 0.29) is 17.4 Å². The molecule has 0 atom stereocenters. The van der Waals surface area contributed by atoms with E-state index in [9.17, 15) is 14.4 Å². The molecule has 3 N–H and O–H groups in total. The molecule has 5 rings (SSSR count). The number of carbonyl (C=O) groups is 3. The Kier molecular flexibility index (Phi) is 10.4. The summed E-state index contributed by atoms with van der Waals surface area (Å²) in [5, 5.41) is 10.9. The van der Waals surface area contributed by atoms with Gasteiger partial charge >= 0.3 is 0 Å². The van der Waals surface area contributed by atoms with Gasteiger partial charge in [-0.2, -0.15) is 0 Å². The first-order valence-electron chi connectivity index (χ1n) is 13.9. The van der Waals surface area contributed by atoms with Crippen LogP contribution in [0.2, 0.25) is 0 Å². The van der Waals surface area contributed by atoms with Crippen molar-refractivity contribution in [1.82, 2.24) is 10.3 Å². The van der Waals surface area contributed by atoms with Crippen LogP contribution in [0.3, 0.4) is 0 Å². The lowest BCUT2D eigenvalue weighted by Gasteiger charge is -2.12. The largest absolute Gasteiger partial charge is 0.497 e. The van der Waals surface area contributed by atoms with E-state index in [0.29, 0.717) is 27.7 Å². The zero-order chi connectivity index (χ0) is 31.6. The summed E-state index contributed by atoms with van der Waals surface area (Å²) in [6.07, 6.45) is 1.60. The molecule has 0 aliphatic carbocycles. The van der Waals surface area contributed by atoms with Crippen LogP contribution < -0.4 is 20.7 Å². The normalized spacial score (nSPS) is 11.0. The average molecular weight is 635 g/mol. The van der Waals surface area contributed by atoms with Gasteiger partial charge in [-0.1, -0.05) is 66.2 Å². The molecule has 8 nitrogen and oxygen atoms in total. The van der Waals surface area contributed by atoms with Crippen LogP contribution >= 0.6 is 23.1 Å². The quantitative estimate of drug-likeness (QED) is 0.104. The van der Waals surface area contributed by atoms with Gasteiger partial charge in [0.2, 0.25) is 5.91 Å². The van der Waals surface area contributed by atoms with Crippen LogP contribution in [-0.4, -0.2) is 35.6 Å². The SMILES string of the molecule is COc1ccc(/C=C(/NC(=O)c2ccccc2)C(=O)Nc2cccc(SCC(=O)Nc3nc(-c4ccc(C)cc4)cs3)c2)cc1. The average Bonchev–Trinajstić information content (AvgIpc) is 3.53. The maximum atomic E-state index is 13.4. The molecule has 10 heteroatoms. The third kappa shape index (κ3) is 8.91. The van der Waals surface area contributed by atoms with E-state index in [0.717, 1.165) is 16.2 Å². The Morgan fingerprint density at radius 2 is 1.64 bits per heavy atom. The zero-order valence-electron chi connectivity index (χ0n) is 24.6. The Morgan fingerprint density at radius 1 is 0.889 bits per heavy atom. The first kappa shape index (κ1) is 31.2. The molecule has 0 aliphatic heterocycles. The molecule has 0 unspecified atom stereocenters. The number of hydrogen-bond acceptors (Lipinski definition) is 7. The van der Waals surface area contributed by atoms with Crippen molar-refractivity contribution in [2.75, 3.05) is 23.5 Å².